The Hall–Kier alpha value is -3.68. The van der Waals surface area contributed by atoms with Gasteiger partial charge in [-0.3, -0.25) is 14.9 Å². The molecule has 2 amide bonds. The van der Waals surface area contributed by atoms with E-state index in [-0.39, 0.29) is 18.2 Å². The van der Waals surface area contributed by atoms with E-state index in [0.29, 0.717) is 11.8 Å². The van der Waals surface area contributed by atoms with E-state index in [4.69, 9.17) is 4.74 Å². The number of nitrogens with one attached hydrogen (secondary N) is 2. The molecule has 0 aliphatic carbocycles. The fourth-order valence-electron chi connectivity index (χ4n) is 3.06. The number of carbonyl (C=O) groups excluding carboxylic acids is 2. The number of nitrogens with zero attached hydrogens (tertiary/aromatic N) is 3. The number of fused-ring (bicyclic) bond motifs is 1. The van der Waals surface area contributed by atoms with Crippen LogP contribution in [0.15, 0.2) is 48.5 Å². The van der Waals surface area contributed by atoms with Crippen molar-refractivity contribution >= 4 is 23.5 Å². The van der Waals surface area contributed by atoms with Crippen molar-refractivity contribution in [2.75, 3.05) is 17.7 Å². The van der Waals surface area contributed by atoms with Crippen LogP contribution in [0.3, 0.4) is 0 Å². The molecular formula is C20H19N5O3. The molecule has 1 aliphatic rings. The topological polar surface area (TPSA) is 98.1 Å². The number of amides is 2. The van der Waals surface area contributed by atoms with Gasteiger partial charge < -0.3 is 10.1 Å². The number of methoxy groups -OCH3 is 1. The van der Waals surface area contributed by atoms with Crippen molar-refractivity contribution in [3.8, 4) is 17.1 Å². The third-order valence-electron chi connectivity index (χ3n) is 4.61. The SMILES string of the molecule is COc1ccc(-c2nc3n(n2)C(CC(=O)Nc2ccccc2C)C(=O)N3)cc1. The lowest BCUT2D eigenvalue weighted by atomic mass is 10.1. The summed E-state index contributed by atoms with van der Waals surface area (Å²) >= 11 is 0. The summed E-state index contributed by atoms with van der Waals surface area (Å²) in [6, 6.07) is 14.1. The third kappa shape index (κ3) is 3.32. The zero-order chi connectivity index (χ0) is 19.7. The van der Waals surface area contributed by atoms with E-state index in [2.05, 4.69) is 20.7 Å². The van der Waals surface area contributed by atoms with Crippen molar-refractivity contribution in [1.82, 2.24) is 14.8 Å². The summed E-state index contributed by atoms with van der Waals surface area (Å²) in [5.41, 5.74) is 2.47. The summed E-state index contributed by atoms with van der Waals surface area (Å²) in [6.07, 6.45) is -0.0292. The summed E-state index contributed by atoms with van der Waals surface area (Å²) in [5, 5.41) is 9.96. The second-order valence-corrected chi connectivity index (χ2v) is 6.50. The molecule has 1 aliphatic heterocycles. The molecule has 0 radical (unpaired) electrons. The van der Waals surface area contributed by atoms with E-state index in [0.717, 1.165) is 22.6 Å². The summed E-state index contributed by atoms with van der Waals surface area (Å²) < 4.78 is 6.62. The van der Waals surface area contributed by atoms with Crippen molar-refractivity contribution in [3.63, 3.8) is 0 Å². The molecule has 0 bridgehead atoms. The number of hydrogen-bond donors (Lipinski definition) is 2. The molecule has 0 fully saturated rings. The lowest BCUT2D eigenvalue weighted by Gasteiger charge is -2.11. The average molecular weight is 377 g/mol. The second-order valence-electron chi connectivity index (χ2n) is 6.50. The predicted molar refractivity (Wildman–Crippen MR) is 104 cm³/mol. The van der Waals surface area contributed by atoms with E-state index in [1.54, 1.807) is 7.11 Å². The number of para-hydroxylation sites is 1. The largest absolute Gasteiger partial charge is 0.497 e. The molecule has 0 saturated heterocycles. The highest BCUT2D eigenvalue weighted by atomic mass is 16.5. The first-order valence-corrected chi connectivity index (χ1v) is 8.82. The van der Waals surface area contributed by atoms with Gasteiger partial charge in [-0.1, -0.05) is 18.2 Å². The van der Waals surface area contributed by atoms with Crippen LogP contribution in [-0.2, 0) is 9.59 Å². The minimum absolute atomic E-state index is 0.0292. The fourth-order valence-corrected chi connectivity index (χ4v) is 3.06. The maximum atomic E-state index is 12.5. The zero-order valence-electron chi connectivity index (χ0n) is 15.5. The van der Waals surface area contributed by atoms with E-state index >= 15 is 0 Å². The van der Waals surface area contributed by atoms with Crippen molar-refractivity contribution in [1.29, 1.82) is 0 Å². The molecule has 142 valence electrons. The number of benzene rings is 2. The first-order chi connectivity index (χ1) is 13.5. The Labute approximate surface area is 161 Å². The van der Waals surface area contributed by atoms with Crippen LogP contribution in [0.25, 0.3) is 11.4 Å². The maximum Gasteiger partial charge on any atom is 0.252 e. The quantitative estimate of drug-likeness (QED) is 0.712. The van der Waals surface area contributed by atoms with Gasteiger partial charge in [-0.05, 0) is 42.8 Å². The fraction of sp³-hybridized carbons (Fsp3) is 0.200. The van der Waals surface area contributed by atoms with Crippen molar-refractivity contribution in [2.45, 2.75) is 19.4 Å². The highest BCUT2D eigenvalue weighted by Gasteiger charge is 2.35. The molecule has 3 aromatic rings. The van der Waals surface area contributed by atoms with Gasteiger partial charge in [0.2, 0.25) is 11.9 Å². The lowest BCUT2D eigenvalue weighted by molar-refractivity contribution is -0.123. The van der Waals surface area contributed by atoms with Gasteiger partial charge in [0.25, 0.3) is 5.91 Å². The molecule has 0 spiro atoms. The Kier molecular flexibility index (Phi) is 4.52. The van der Waals surface area contributed by atoms with Crippen LogP contribution in [0.5, 0.6) is 5.75 Å². The van der Waals surface area contributed by atoms with Gasteiger partial charge in [0, 0.05) is 11.3 Å². The number of anilines is 2. The van der Waals surface area contributed by atoms with E-state index < -0.39 is 6.04 Å². The number of rotatable bonds is 5. The molecule has 2 N–H and O–H groups in total. The second kappa shape index (κ2) is 7.15. The molecule has 2 heterocycles. The Morgan fingerprint density at radius 1 is 1.21 bits per heavy atom. The lowest BCUT2D eigenvalue weighted by Crippen LogP contribution is -2.24. The molecule has 0 saturated carbocycles. The zero-order valence-corrected chi connectivity index (χ0v) is 15.5. The van der Waals surface area contributed by atoms with Crippen molar-refractivity contribution < 1.29 is 14.3 Å². The van der Waals surface area contributed by atoms with Crippen molar-refractivity contribution in [3.05, 3.63) is 54.1 Å². The third-order valence-corrected chi connectivity index (χ3v) is 4.61. The average Bonchev–Trinajstić information content (AvgIpc) is 3.22. The monoisotopic (exact) mass is 377 g/mol. The number of aryl methyl sites for hydroxylation is 1. The van der Waals surface area contributed by atoms with Gasteiger partial charge in [0.05, 0.1) is 13.5 Å². The normalized spacial score (nSPS) is 15.1. The first kappa shape index (κ1) is 17.7. The van der Waals surface area contributed by atoms with E-state index in [9.17, 15) is 9.59 Å². The number of carbonyl (C=O) groups is 2. The van der Waals surface area contributed by atoms with Gasteiger partial charge in [-0.2, -0.15) is 4.98 Å². The Bertz CT molecular complexity index is 1040. The van der Waals surface area contributed by atoms with Crippen LogP contribution in [0.4, 0.5) is 11.6 Å². The van der Waals surface area contributed by atoms with Gasteiger partial charge in [-0.25, -0.2) is 4.68 Å². The molecule has 2 aromatic carbocycles. The number of aromatic nitrogens is 3. The Morgan fingerprint density at radius 2 is 1.96 bits per heavy atom. The summed E-state index contributed by atoms with van der Waals surface area (Å²) in [5.74, 6) is 0.987. The minimum Gasteiger partial charge on any atom is -0.497 e. The summed E-state index contributed by atoms with van der Waals surface area (Å²) in [7, 11) is 1.60. The molecule has 8 heteroatoms. The van der Waals surface area contributed by atoms with Crippen LogP contribution in [-0.4, -0.2) is 33.7 Å². The standard InChI is InChI=1S/C20H19N5O3/c1-12-5-3-4-6-15(12)21-17(26)11-16-19(27)23-20-22-18(24-25(16)20)13-7-9-14(28-2)10-8-13/h3-10,16H,11H2,1-2H3,(H,21,26)(H,22,23,24,27). The maximum absolute atomic E-state index is 12.5. The minimum atomic E-state index is -0.737. The summed E-state index contributed by atoms with van der Waals surface area (Å²) in [6.45, 7) is 1.91. The highest BCUT2D eigenvalue weighted by molar-refractivity contribution is 6.01. The van der Waals surface area contributed by atoms with Crippen LogP contribution >= 0.6 is 0 Å². The molecule has 1 atom stereocenters. The Balaban J connectivity index is 1.52. The summed E-state index contributed by atoms with van der Waals surface area (Å²) in [4.78, 5) is 29.1. The predicted octanol–water partition coefficient (Wildman–Crippen LogP) is 2.78. The Morgan fingerprint density at radius 3 is 2.68 bits per heavy atom. The van der Waals surface area contributed by atoms with E-state index in [1.165, 1.54) is 4.68 Å². The van der Waals surface area contributed by atoms with Gasteiger partial charge in [0.1, 0.15) is 11.8 Å². The van der Waals surface area contributed by atoms with Crippen LogP contribution < -0.4 is 15.4 Å². The highest BCUT2D eigenvalue weighted by Crippen LogP contribution is 2.29. The number of ether oxygens (including phenoxy) is 1. The molecular weight excluding hydrogens is 358 g/mol. The van der Waals surface area contributed by atoms with Gasteiger partial charge >= 0.3 is 0 Å². The molecule has 8 nitrogen and oxygen atoms in total. The van der Waals surface area contributed by atoms with Crippen LogP contribution in [0.2, 0.25) is 0 Å². The van der Waals surface area contributed by atoms with Crippen LogP contribution in [0, 0.1) is 6.92 Å². The molecule has 4 rings (SSSR count). The molecule has 1 unspecified atom stereocenters. The van der Waals surface area contributed by atoms with Gasteiger partial charge in [0.15, 0.2) is 5.82 Å². The first-order valence-electron chi connectivity index (χ1n) is 8.82. The van der Waals surface area contributed by atoms with Gasteiger partial charge in [-0.15, -0.1) is 5.10 Å². The molecule has 1 aromatic heterocycles. The van der Waals surface area contributed by atoms with Crippen molar-refractivity contribution in [2.24, 2.45) is 0 Å². The van der Waals surface area contributed by atoms with E-state index in [1.807, 2.05) is 55.5 Å². The van der Waals surface area contributed by atoms with Crippen LogP contribution in [0.1, 0.15) is 18.0 Å². The smallest absolute Gasteiger partial charge is 0.252 e. The number of hydrogen-bond acceptors (Lipinski definition) is 5. The molecule has 28 heavy (non-hydrogen) atoms.